The molecule has 2 aliphatic rings. The number of benzene rings is 1. The zero-order valence-electron chi connectivity index (χ0n) is 13.7. The summed E-state index contributed by atoms with van der Waals surface area (Å²) in [5.41, 5.74) is 2.93. The Morgan fingerprint density at radius 2 is 2.08 bits per heavy atom. The van der Waals surface area contributed by atoms with Gasteiger partial charge in [-0.25, -0.2) is 0 Å². The summed E-state index contributed by atoms with van der Waals surface area (Å²) >= 11 is 0. The molecule has 1 aliphatic heterocycles. The number of allylic oxidation sites excluding steroid dienone is 2. The molecule has 128 valence electrons. The summed E-state index contributed by atoms with van der Waals surface area (Å²) in [6.07, 6.45) is 5.30. The Balaban J connectivity index is 0.00000208. The number of nitro groups is 1. The number of nitrogens with one attached hydrogen (secondary N) is 1. The Hall–Kier alpha value is -2.18. The number of aliphatic imine (C=N–C) groups is 1. The van der Waals surface area contributed by atoms with Gasteiger partial charge < -0.3 is 10.2 Å². The van der Waals surface area contributed by atoms with Gasteiger partial charge in [0, 0.05) is 23.9 Å². The quantitative estimate of drug-likeness (QED) is 0.670. The molecule has 0 spiro atoms. The maximum absolute atomic E-state index is 11.5. The first-order valence-electron chi connectivity index (χ1n) is 7.65. The highest BCUT2D eigenvalue weighted by atomic mass is 35.5. The van der Waals surface area contributed by atoms with E-state index in [0.29, 0.717) is 6.54 Å². The van der Waals surface area contributed by atoms with Crippen molar-refractivity contribution < 1.29 is 4.92 Å². The fraction of sp³-hybridized carbons (Fsp3) is 0.353. The fourth-order valence-electron chi connectivity index (χ4n) is 3.02. The lowest BCUT2D eigenvalue weighted by atomic mass is 9.80. The monoisotopic (exact) mass is 348 g/mol. The molecule has 0 radical (unpaired) electrons. The highest BCUT2D eigenvalue weighted by Crippen LogP contribution is 2.35. The standard InChI is InChI=1S/C17H20N4O2.ClH/c1-20(2)11-10-18-17-12-6-3-4-7-13(12)19-14-8-5-9-15(16(14)17)21(22)23;/h3-9,14,16,19H,10-11H2,1-2H3;1H. The van der Waals surface area contributed by atoms with Gasteiger partial charge in [0.1, 0.15) is 5.92 Å². The summed E-state index contributed by atoms with van der Waals surface area (Å²) < 4.78 is 0. The molecule has 1 N–H and O–H groups in total. The second-order valence-electron chi connectivity index (χ2n) is 6.00. The Bertz CT molecular complexity index is 712. The third kappa shape index (κ3) is 3.49. The summed E-state index contributed by atoms with van der Waals surface area (Å²) in [5, 5.41) is 14.9. The van der Waals surface area contributed by atoms with Gasteiger partial charge in [-0.15, -0.1) is 12.4 Å². The van der Waals surface area contributed by atoms with Crippen LogP contribution in [-0.4, -0.2) is 48.8 Å². The molecular formula is C17H21ClN4O2. The summed E-state index contributed by atoms with van der Waals surface area (Å²) in [7, 11) is 3.98. The normalized spacial score (nSPS) is 23.0. The number of anilines is 1. The summed E-state index contributed by atoms with van der Waals surface area (Å²) in [4.78, 5) is 18.0. The molecule has 1 heterocycles. The molecule has 0 saturated heterocycles. The fourth-order valence-corrected chi connectivity index (χ4v) is 3.02. The first-order valence-corrected chi connectivity index (χ1v) is 7.65. The van der Waals surface area contributed by atoms with E-state index in [0.717, 1.165) is 23.5 Å². The minimum absolute atomic E-state index is 0. The average Bonchev–Trinajstić information content (AvgIpc) is 2.53. The van der Waals surface area contributed by atoms with Crippen LogP contribution in [0.15, 0.2) is 53.2 Å². The van der Waals surface area contributed by atoms with Crippen molar-refractivity contribution in [3.63, 3.8) is 0 Å². The maximum Gasteiger partial charge on any atom is 0.257 e. The zero-order valence-corrected chi connectivity index (χ0v) is 14.5. The van der Waals surface area contributed by atoms with Gasteiger partial charge >= 0.3 is 0 Å². The first-order chi connectivity index (χ1) is 11.1. The van der Waals surface area contributed by atoms with Crippen molar-refractivity contribution in [2.75, 3.05) is 32.5 Å². The molecule has 0 fully saturated rings. The minimum Gasteiger partial charge on any atom is -0.377 e. The van der Waals surface area contributed by atoms with E-state index in [1.807, 2.05) is 44.4 Å². The largest absolute Gasteiger partial charge is 0.377 e. The van der Waals surface area contributed by atoms with Gasteiger partial charge in [-0.3, -0.25) is 15.1 Å². The summed E-state index contributed by atoms with van der Waals surface area (Å²) in [5.74, 6) is -0.355. The topological polar surface area (TPSA) is 70.8 Å². The van der Waals surface area contributed by atoms with E-state index in [1.54, 1.807) is 12.2 Å². The van der Waals surface area contributed by atoms with Crippen LogP contribution in [0.25, 0.3) is 0 Å². The molecule has 1 aliphatic carbocycles. The van der Waals surface area contributed by atoms with Crippen LogP contribution in [0.3, 0.4) is 0 Å². The highest BCUT2D eigenvalue weighted by Gasteiger charge is 2.41. The Morgan fingerprint density at radius 3 is 2.79 bits per heavy atom. The SMILES string of the molecule is CN(C)CCN=C1c2ccccc2NC2C=CC=C([N+](=O)[O-])C12.Cl. The number of hydrogen-bond acceptors (Lipinski definition) is 5. The predicted octanol–water partition coefficient (Wildman–Crippen LogP) is 2.60. The van der Waals surface area contributed by atoms with E-state index in [1.165, 1.54) is 0 Å². The number of halogens is 1. The van der Waals surface area contributed by atoms with Crippen LogP contribution in [0.2, 0.25) is 0 Å². The van der Waals surface area contributed by atoms with E-state index in [4.69, 9.17) is 4.99 Å². The van der Waals surface area contributed by atoms with Crippen LogP contribution in [-0.2, 0) is 0 Å². The molecule has 0 aromatic heterocycles. The zero-order chi connectivity index (χ0) is 16.4. The van der Waals surface area contributed by atoms with Crippen LogP contribution in [0, 0.1) is 16.0 Å². The molecule has 1 aromatic carbocycles. The molecule has 2 unspecified atom stereocenters. The van der Waals surface area contributed by atoms with E-state index < -0.39 is 0 Å². The Labute approximate surface area is 147 Å². The van der Waals surface area contributed by atoms with Gasteiger partial charge in [0.25, 0.3) is 5.70 Å². The first kappa shape index (κ1) is 18.2. The molecule has 7 heteroatoms. The van der Waals surface area contributed by atoms with Crippen molar-refractivity contribution in [2.24, 2.45) is 10.9 Å². The van der Waals surface area contributed by atoms with Crippen molar-refractivity contribution in [1.82, 2.24) is 4.90 Å². The Morgan fingerprint density at radius 1 is 1.33 bits per heavy atom. The van der Waals surface area contributed by atoms with Crippen molar-refractivity contribution in [1.29, 1.82) is 0 Å². The van der Waals surface area contributed by atoms with Crippen LogP contribution in [0.1, 0.15) is 5.56 Å². The van der Waals surface area contributed by atoms with Gasteiger partial charge in [0.05, 0.1) is 23.2 Å². The van der Waals surface area contributed by atoms with Crippen LogP contribution >= 0.6 is 12.4 Å². The van der Waals surface area contributed by atoms with Crippen LogP contribution in [0.4, 0.5) is 5.69 Å². The number of fused-ring (bicyclic) bond motifs is 2. The second-order valence-corrected chi connectivity index (χ2v) is 6.00. The third-order valence-corrected chi connectivity index (χ3v) is 4.12. The third-order valence-electron chi connectivity index (χ3n) is 4.12. The van der Waals surface area contributed by atoms with Crippen molar-refractivity contribution in [3.8, 4) is 0 Å². The lowest BCUT2D eigenvalue weighted by Gasteiger charge is -2.34. The lowest BCUT2D eigenvalue weighted by molar-refractivity contribution is -0.431. The number of likely N-dealkylation sites (N-methyl/N-ethyl adjacent to an activating group) is 1. The molecule has 24 heavy (non-hydrogen) atoms. The summed E-state index contributed by atoms with van der Waals surface area (Å²) in [6.45, 7) is 1.43. The smallest absolute Gasteiger partial charge is 0.257 e. The van der Waals surface area contributed by atoms with Crippen molar-refractivity contribution >= 4 is 23.8 Å². The van der Waals surface area contributed by atoms with E-state index >= 15 is 0 Å². The molecular weight excluding hydrogens is 328 g/mol. The molecule has 0 bridgehead atoms. The van der Waals surface area contributed by atoms with Crippen molar-refractivity contribution in [3.05, 3.63) is 63.9 Å². The van der Waals surface area contributed by atoms with E-state index in [9.17, 15) is 10.1 Å². The minimum atomic E-state index is -0.355. The predicted molar refractivity (Wildman–Crippen MR) is 98.8 cm³/mol. The van der Waals surface area contributed by atoms with E-state index in [-0.39, 0.29) is 35.0 Å². The lowest BCUT2D eigenvalue weighted by Crippen LogP contribution is -2.42. The van der Waals surface area contributed by atoms with Gasteiger partial charge in [-0.2, -0.15) is 0 Å². The van der Waals surface area contributed by atoms with Gasteiger partial charge in [-0.05, 0) is 20.2 Å². The highest BCUT2D eigenvalue weighted by molar-refractivity contribution is 6.10. The van der Waals surface area contributed by atoms with E-state index in [2.05, 4.69) is 10.2 Å². The number of hydrogen-bond donors (Lipinski definition) is 1. The second kappa shape index (κ2) is 7.59. The molecule has 6 nitrogen and oxygen atoms in total. The maximum atomic E-state index is 11.5. The van der Waals surface area contributed by atoms with Crippen molar-refractivity contribution in [2.45, 2.75) is 6.04 Å². The summed E-state index contributed by atoms with van der Waals surface area (Å²) in [6, 6.07) is 7.73. The average molecular weight is 349 g/mol. The van der Waals surface area contributed by atoms with Gasteiger partial charge in [-0.1, -0.05) is 30.4 Å². The molecule has 1 aromatic rings. The number of rotatable bonds is 4. The number of para-hydroxylation sites is 1. The molecule has 3 rings (SSSR count). The molecule has 0 saturated carbocycles. The van der Waals surface area contributed by atoms with Crippen LogP contribution < -0.4 is 5.32 Å². The molecule has 0 amide bonds. The Kier molecular flexibility index (Phi) is 5.75. The van der Waals surface area contributed by atoms with Crippen LogP contribution in [0.5, 0.6) is 0 Å². The van der Waals surface area contributed by atoms with Gasteiger partial charge in [0.15, 0.2) is 0 Å². The molecule has 2 atom stereocenters. The van der Waals surface area contributed by atoms with Gasteiger partial charge in [0.2, 0.25) is 0 Å². The number of nitrogens with zero attached hydrogens (tertiary/aromatic N) is 3.